The number of aromatic nitrogens is 1. The SMILES string of the molecule is CC(=O)c1cc(C[C@H](C)OCc2ccccc2)n(-c2ccc(C)cc2Cl)c1C. The Labute approximate surface area is 171 Å². The van der Waals surface area contributed by atoms with Crippen molar-refractivity contribution in [1.29, 1.82) is 0 Å². The molecule has 0 radical (unpaired) electrons. The molecule has 1 aromatic heterocycles. The number of ketones is 1. The Morgan fingerprint density at radius 3 is 2.46 bits per heavy atom. The summed E-state index contributed by atoms with van der Waals surface area (Å²) < 4.78 is 8.13. The van der Waals surface area contributed by atoms with E-state index in [1.165, 1.54) is 0 Å². The number of ether oxygens (including phenoxy) is 1. The van der Waals surface area contributed by atoms with Gasteiger partial charge in [0.05, 0.1) is 23.4 Å². The number of carbonyl (C=O) groups excluding carboxylic acids is 1. The van der Waals surface area contributed by atoms with E-state index in [2.05, 4.69) is 23.6 Å². The molecule has 0 fully saturated rings. The summed E-state index contributed by atoms with van der Waals surface area (Å²) in [5, 5.41) is 0.674. The van der Waals surface area contributed by atoms with Gasteiger partial charge in [0.15, 0.2) is 5.78 Å². The zero-order valence-electron chi connectivity index (χ0n) is 16.8. The first-order valence-corrected chi connectivity index (χ1v) is 9.89. The lowest BCUT2D eigenvalue weighted by Gasteiger charge is -2.18. The fourth-order valence-electron chi connectivity index (χ4n) is 3.47. The van der Waals surface area contributed by atoms with E-state index in [1.807, 2.05) is 56.3 Å². The molecular formula is C24H26ClNO2. The molecule has 0 N–H and O–H groups in total. The zero-order chi connectivity index (χ0) is 20.3. The molecule has 28 heavy (non-hydrogen) atoms. The average Bonchev–Trinajstić information content (AvgIpc) is 2.97. The lowest BCUT2D eigenvalue weighted by molar-refractivity contribution is 0.0527. The van der Waals surface area contributed by atoms with Crippen LogP contribution in [-0.4, -0.2) is 16.5 Å². The fourth-order valence-corrected chi connectivity index (χ4v) is 3.79. The van der Waals surface area contributed by atoms with Crippen LogP contribution in [0.25, 0.3) is 5.69 Å². The standard InChI is InChI=1S/C24H26ClNO2/c1-16-10-11-24(23(25)12-16)26-18(3)22(19(4)27)14-21(26)13-17(2)28-15-20-8-6-5-7-9-20/h5-12,14,17H,13,15H2,1-4H3/t17-/m0/s1. The second kappa shape index (κ2) is 8.76. The first-order valence-electron chi connectivity index (χ1n) is 9.51. The van der Waals surface area contributed by atoms with Crippen LogP contribution in [0.2, 0.25) is 5.02 Å². The summed E-state index contributed by atoms with van der Waals surface area (Å²) in [4.78, 5) is 12.1. The Bertz CT molecular complexity index is 976. The second-order valence-electron chi connectivity index (χ2n) is 7.29. The Morgan fingerprint density at radius 2 is 1.82 bits per heavy atom. The van der Waals surface area contributed by atoms with Crippen molar-refractivity contribution in [2.24, 2.45) is 0 Å². The second-order valence-corrected chi connectivity index (χ2v) is 7.70. The van der Waals surface area contributed by atoms with Gasteiger partial charge in [-0.2, -0.15) is 0 Å². The predicted molar refractivity (Wildman–Crippen MR) is 115 cm³/mol. The van der Waals surface area contributed by atoms with Crippen LogP contribution in [-0.2, 0) is 17.8 Å². The third-order valence-electron chi connectivity index (χ3n) is 4.92. The molecule has 0 saturated heterocycles. The molecule has 0 bridgehead atoms. The molecule has 2 aromatic carbocycles. The molecule has 3 nitrogen and oxygen atoms in total. The number of hydrogen-bond donors (Lipinski definition) is 0. The van der Waals surface area contributed by atoms with Gasteiger partial charge in [0.25, 0.3) is 0 Å². The first-order chi connectivity index (χ1) is 13.4. The van der Waals surface area contributed by atoms with Crippen LogP contribution >= 0.6 is 11.6 Å². The average molecular weight is 396 g/mol. The van der Waals surface area contributed by atoms with Crippen LogP contribution in [0.5, 0.6) is 0 Å². The maximum absolute atomic E-state index is 12.1. The van der Waals surface area contributed by atoms with Gasteiger partial charge in [-0.1, -0.05) is 48.0 Å². The van der Waals surface area contributed by atoms with Crippen LogP contribution < -0.4 is 0 Å². The van der Waals surface area contributed by atoms with Gasteiger partial charge < -0.3 is 9.30 Å². The molecule has 1 heterocycles. The van der Waals surface area contributed by atoms with E-state index >= 15 is 0 Å². The minimum absolute atomic E-state index is 0.00251. The number of hydrogen-bond acceptors (Lipinski definition) is 2. The van der Waals surface area contributed by atoms with Crippen molar-refractivity contribution in [3.05, 3.63) is 87.7 Å². The summed E-state index contributed by atoms with van der Waals surface area (Å²) in [6, 6.07) is 18.1. The quantitative estimate of drug-likeness (QED) is 0.453. The predicted octanol–water partition coefficient (Wildman–Crippen LogP) is 6.10. The number of halogens is 1. The number of carbonyl (C=O) groups is 1. The highest BCUT2D eigenvalue weighted by Gasteiger charge is 2.19. The largest absolute Gasteiger partial charge is 0.373 e. The molecule has 0 unspecified atom stereocenters. The minimum Gasteiger partial charge on any atom is -0.373 e. The first kappa shape index (κ1) is 20.4. The van der Waals surface area contributed by atoms with Crippen molar-refractivity contribution in [2.75, 3.05) is 0 Å². The molecule has 0 amide bonds. The fraction of sp³-hybridized carbons (Fsp3) is 0.292. The van der Waals surface area contributed by atoms with E-state index in [-0.39, 0.29) is 11.9 Å². The van der Waals surface area contributed by atoms with E-state index in [0.717, 1.165) is 33.8 Å². The van der Waals surface area contributed by atoms with Gasteiger partial charge in [-0.25, -0.2) is 0 Å². The molecule has 0 aliphatic carbocycles. The molecule has 0 aliphatic heterocycles. The smallest absolute Gasteiger partial charge is 0.161 e. The van der Waals surface area contributed by atoms with Crippen molar-refractivity contribution < 1.29 is 9.53 Å². The van der Waals surface area contributed by atoms with Gasteiger partial charge in [-0.15, -0.1) is 0 Å². The van der Waals surface area contributed by atoms with Gasteiger partial charge in [0.1, 0.15) is 0 Å². The van der Waals surface area contributed by atoms with E-state index in [0.29, 0.717) is 18.1 Å². The van der Waals surface area contributed by atoms with Crippen molar-refractivity contribution in [3.8, 4) is 5.69 Å². The Morgan fingerprint density at radius 1 is 1.11 bits per heavy atom. The number of rotatable bonds is 7. The number of aryl methyl sites for hydroxylation is 1. The van der Waals surface area contributed by atoms with Gasteiger partial charge in [-0.05, 0) is 57.0 Å². The highest BCUT2D eigenvalue weighted by Crippen LogP contribution is 2.29. The lowest BCUT2D eigenvalue weighted by atomic mass is 10.1. The molecule has 1 atom stereocenters. The number of benzene rings is 2. The van der Waals surface area contributed by atoms with Gasteiger partial charge in [0.2, 0.25) is 0 Å². The van der Waals surface area contributed by atoms with Crippen LogP contribution in [0.3, 0.4) is 0 Å². The monoisotopic (exact) mass is 395 g/mol. The zero-order valence-corrected chi connectivity index (χ0v) is 17.6. The number of Topliss-reactive ketones (excluding diaryl/α,β-unsaturated/α-hetero) is 1. The Kier molecular flexibility index (Phi) is 6.38. The normalized spacial score (nSPS) is 12.2. The summed E-state index contributed by atoms with van der Waals surface area (Å²) in [7, 11) is 0. The summed E-state index contributed by atoms with van der Waals surface area (Å²) >= 11 is 6.54. The Hall–Kier alpha value is -2.36. The van der Waals surface area contributed by atoms with Crippen LogP contribution in [0.1, 0.15) is 46.7 Å². The Balaban J connectivity index is 1.89. The van der Waals surface area contributed by atoms with Gasteiger partial charge in [0, 0.05) is 23.4 Å². The maximum Gasteiger partial charge on any atom is 0.161 e. The summed E-state index contributed by atoms with van der Waals surface area (Å²) in [6.45, 7) is 8.19. The molecular weight excluding hydrogens is 370 g/mol. The summed E-state index contributed by atoms with van der Waals surface area (Å²) in [5.41, 5.74) is 5.79. The highest BCUT2D eigenvalue weighted by molar-refractivity contribution is 6.32. The van der Waals surface area contributed by atoms with E-state index in [9.17, 15) is 4.79 Å². The topological polar surface area (TPSA) is 31.2 Å². The van der Waals surface area contributed by atoms with E-state index < -0.39 is 0 Å². The molecule has 0 saturated carbocycles. The van der Waals surface area contributed by atoms with E-state index in [1.54, 1.807) is 6.92 Å². The third-order valence-corrected chi connectivity index (χ3v) is 5.22. The molecule has 0 aliphatic rings. The van der Waals surface area contributed by atoms with Crippen molar-refractivity contribution in [1.82, 2.24) is 4.57 Å². The lowest BCUT2D eigenvalue weighted by Crippen LogP contribution is -2.15. The van der Waals surface area contributed by atoms with Gasteiger partial charge in [-0.3, -0.25) is 4.79 Å². The summed E-state index contributed by atoms with van der Waals surface area (Å²) in [5.74, 6) is 0.0543. The van der Waals surface area contributed by atoms with Crippen molar-refractivity contribution in [2.45, 2.75) is 46.8 Å². The van der Waals surface area contributed by atoms with Crippen LogP contribution in [0.4, 0.5) is 0 Å². The maximum atomic E-state index is 12.1. The molecule has 4 heteroatoms. The number of nitrogens with zero attached hydrogens (tertiary/aromatic N) is 1. The molecule has 146 valence electrons. The van der Waals surface area contributed by atoms with Crippen LogP contribution in [0, 0.1) is 13.8 Å². The molecule has 3 aromatic rings. The molecule has 0 spiro atoms. The minimum atomic E-state index is -0.00251. The highest BCUT2D eigenvalue weighted by atomic mass is 35.5. The van der Waals surface area contributed by atoms with Crippen molar-refractivity contribution >= 4 is 17.4 Å². The van der Waals surface area contributed by atoms with Gasteiger partial charge >= 0.3 is 0 Å². The summed E-state index contributed by atoms with van der Waals surface area (Å²) in [6.07, 6.45) is 0.683. The van der Waals surface area contributed by atoms with Crippen molar-refractivity contribution in [3.63, 3.8) is 0 Å². The van der Waals surface area contributed by atoms with E-state index in [4.69, 9.17) is 16.3 Å². The molecule has 3 rings (SSSR count). The third kappa shape index (κ3) is 4.54. The van der Waals surface area contributed by atoms with Crippen LogP contribution in [0.15, 0.2) is 54.6 Å².